The predicted octanol–water partition coefficient (Wildman–Crippen LogP) is 4.33. The zero-order valence-electron chi connectivity index (χ0n) is 16.7. The van der Waals surface area contributed by atoms with Crippen LogP contribution in [0.2, 0.25) is 0 Å². The summed E-state index contributed by atoms with van der Waals surface area (Å²) in [5.41, 5.74) is 3.19. The fraction of sp³-hybridized carbons (Fsp3) is 0.208. The summed E-state index contributed by atoms with van der Waals surface area (Å²) in [5, 5.41) is 12.5. The first kappa shape index (κ1) is 19.6. The van der Waals surface area contributed by atoms with Gasteiger partial charge in [-0.3, -0.25) is 4.79 Å². The number of aromatic nitrogens is 1. The first-order valence-electron chi connectivity index (χ1n) is 9.92. The Labute approximate surface area is 175 Å². The van der Waals surface area contributed by atoms with Crippen LogP contribution in [0.25, 0.3) is 0 Å². The van der Waals surface area contributed by atoms with Crippen LogP contribution < -0.4 is 10.2 Å². The van der Waals surface area contributed by atoms with Gasteiger partial charge in [0.15, 0.2) is 0 Å². The highest BCUT2D eigenvalue weighted by Crippen LogP contribution is 2.32. The standard InChI is InChI=1S/C24H23N3O3/c1-16-6-5-9-18(12-16)23(28)26-20-13-21(24(29)30)22(25-14-20)27-11-10-19(15-27)17-7-3-2-4-8-17/h2-9,12-14,19H,10-11,15H2,1H3,(H,26,28)(H,29,30)/t19-/m0/s1. The van der Waals surface area contributed by atoms with Crippen LogP contribution in [0.4, 0.5) is 11.5 Å². The van der Waals surface area contributed by atoms with E-state index < -0.39 is 5.97 Å². The second-order valence-corrected chi connectivity index (χ2v) is 7.57. The zero-order chi connectivity index (χ0) is 21.1. The number of nitrogens with zero attached hydrogens (tertiary/aromatic N) is 2. The molecule has 1 atom stereocenters. The maximum absolute atomic E-state index is 12.5. The first-order chi connectivity index (χ1) is 14.5. The molecule has 3 aromatic rings. The molecule has 6 heteroatoms. The Balaban J connectivity index is 1.54. The van der Waals surface area contributed by atoms with Gasteiger partial charge in [-0.15, -0.1) is 0 Å². The smallest absolute Gasteiger partial charge is 0.339 e. The highest BCUT2D eigenvalue weighted by Gasteiger charge is 2.28. The normalized spacial score (nSPS) is 15.8. The molecule has 0 unspecified atom stereocenters. The van der Waals surface area contributed by atoms with Gasteiger partial charge in [0.25, 0.3) is 5.91 Å². The monoisotopic (exact) mass is 401 g/mol. The van der Waals surface area contributed by atoms with Crippen molar-refractivity contribution in [3.05, 3.63) is 89.1 Å². The van der Waals surface area contributed by atoms with Crippen molar-refractivity contribution >= 4 is 23.4 Å². The number of anilines is 2. The van der Waals surface area contributed by atoms with Crippen molar-refractivity contribution in [2.75, 3.05) is 23.3 Å². The van der Waals surface area contributed by atoms with Crippen LogP contribution in [0.5, 0.6) is 0 Å². The van der Waals surface area contributed by atoms with Crippen molar-refractivity contribution in [1.82, 2.24) is 4.98 Å². The molecule has 1 amide bonds. The molecule has 1 aromatic heterocycles. The van der Waals surface area contributed by atoms with E-state index in [2.05, 4.69) is 22.4 Å². The van der Waals surface area contributed by atoms with Gasteiger partial charge in [-0.1, -0.05) is 48.0 Å². The Bertz CT molecular complexity index is 1080. The van der Waals surface area contributed by atoms with E-state index in [9.17, 15) is 14.7 Å². The van der Waals surface area contributed by atoms with Crippen molar-refractivity contribution in [2.45, 2.75) is 19.3 Å². The van der Waals surface area contributed by atoms with Crippen LogP contribution >= 0.6 is 0 Å². The molecule has 0 bridgehead atoms. The highest BCUT2D eigenvalue weighted by molar-refractivity contribution is 6.05. The largest absolute Gasteiger partial charge is 0.478 e. The number of carbonyl (C=O) groups excluding carboxylic acids is 1. The van der Waals surface area contributed by atoms with E-state index in [1.165, 1.54) is 17.8 Å². The van der Waals surface area contributed by atoms with Gasteiger partial charge in [0.05, 0.1) is 11.9 Å². The summed E-state index contributed by atoms with van der Waals surface area (Å²) in [6.45, 7) is 3.36. The number of carbonyl (C=O) groups is 2. The minimum absolute atomic E-state index is 0.0887. The number of carboxylic acid groups (broad SMARTS) is 1. The summed E-state index contributed by atoms with van der Waals surface area (Å²) < 4.78 is 0. The summed E-state index contributed by atoms with van der Waals surface area (Å²) in [6, 6.07) is 18.9. The number of hydrogen-bond acceptors (Lipinski definition) is 4. The number of nitrogens with one attached hydrogen (secondary N) is 1. The molecule has 4 rings (SSSR count). The summed E-state index contributed by atoms with van der Waals surface area (Å²) in [6.07, 6.45) is 2.46. The van der Waals surface area contributed by atoms with Crippen molar-refractivity contribution < 1.29 is 14.7 Å². The lowest BCUT2D eigenvalue weighted by atomic mass is 9.99. The van der Waals surface area contributed by atoms with Gasteiger partial charge in [-0.2, -0.15) is 0 Å². The van der Waals surface area contributed by atoms with Gasteiger partial charge in [-0.05, 0) is 37.1 Å². The summed E-state index contributed by atoms with van der Waals surface area (Å²) in [5.74, 6) is -0.577. The summed E-state index contributed by atoms with van der Waals surface area (Å²) in [4.78, 5) is 30.8. The number of hydrogen-bond donors (Lipinski definition) is 2. The fourth-order valence-corrected chi connectivity index (χ4v) is 3.87. The van der Waals surface area contributed by atoms with Gasteiger partial charge in [0.1, 0.15) is 11.4 Å². The Kier molecular flexibility index (Phi) is 5.48. The molecule has 0 saturated carbocycles. The molecule has 0 spiro atoms. The molecule has 2 N–H and O–H groups in total. The Morgan fingerprint density at radius 2 is 1.90 bits per heavy atom. The Morgan fingerprint density at radius 3 is 2.63 bits per heavy atom. The van der Waals surface area contributed by atoms with E-state index in [1.54, 1.807) is 12.1 Å². The van der Waals surface area contributed by atoms with E-state index >= 15 is 0 Å². The highest BCUT2D eigenvalue weighted by atomic mass is 16.4. The number of aromatic carboxylic acids is 1. The molecule has 2 heterocycles. The molecule has 6 nitrogen and oxygen atoms in total. The van der Waals surface area contributed by atoms with Gasteiger partial charge < -0.3 is 15.3 Å². The summed E-state index contributed by atoms with van der Waals surface area (Å²) >= 11 is 0. The molecular weight excluding hydrogens is 378 g/mol. The topological polar surface area (TPSA) is 82.5 Å². The van der Waals surface area contributed by atoms with Gasteiger partial charge in [0, 0.05) is 24.6 Å². The van der Waals surface area contributed by atoms with E-state index in [0.717, 1.165) is 18.5 Å². The second-order valence-electron chi connectivity index (χ2n) is 7.57. The molecule has 1 fully saturated rings. The van der Waals surface area contributed by atoms with Gasteiger partial charge in [-0.25, -0.2) is 9.78 Å². The second kappa shape index (κ2) is 8.37. The molecule has 1 aliphatic rings. The van der Waals surface area contributed by atoms with Crippen molar-refractivity contribution in [3.63, 3.8) is 0 Å². The number of aryl methyl sites for hydroxylation is 1. The third kappa shape index (κ3) is 4.17. The van der Waals surface area contributed by atoms with Crippen molar-refractivity contribution in [2.24, 2.45) is 0 Å². The van der Waals surface area contributed by atoms with E-state index in [-0.39, 0.29) is 11.5 Å². The molecular formula is C24H23N3O3. The number of carboxylic acids is 1. The first-order valence-corrected chi connectivity index (χ1v) is 9.92. The lowest BCUT2D eigenvalue weighted by Crippen LogP contribution is -2.23. The van der Waals surface area contributed by atoms with Crippen LogP contribution in [-0.2, 0) is 0 Å². The Morgan fingerprint density at radius 1 is 1.10 bits per heavy atom. The lowest BCUT2D eigenvalue weighted by Gasteiger charge is -2.20. The SMILES string of the molecule is Cc1cccc(C(=O)Nc2cnc(N3CC[C@H](c4ccccc4)C3)c(C(=O)O)c2)c1. The van der Waals surface area contributed by atoms with E-state index in [4.69, 9.17) is 0 Å². The predicted molar refractivity (Wildman–Crippen MR) is 116 cm³/mol. The average molecular weight is 401 g/mol. The molecule has 0 radical (unpaired) electrons. The fourth-order valence-electron chi connectivity index (χ4n) is 3.87. The molecule has 30 heavy (non-hydrogen) atoms. The Hall–Kier alpha value is -3.67. The van der Waals surface area contributed by atoms with Crippen LogP contribution in [-0.4, -0.2) is 35.1 Å². The van der Waals surface area contributed by atoms with E-state index in [0.29, 0.717) is 29.5 Å². The summed E-state index contributed by atoms with van der Waals surface area (Å²) in [7, 11) is 0. The van der Waals surface area contributed by atoms with Crippen LogP contribution in [0.15, 0.2) is 66.9 Å². The van der Waals surface area contributed by atoms with Crippen molar-refractivity contribution in [3.8, 4) is 0 Å². The minimum atomic E-state index is -1.06. The van der Waals surface area contributed by atoms with Crippen molar-refractivity contribution in [1.29, 1.82) is 0 Å². The zero-order valence-corrected chi connectivity index (χ0v) is 16.7. The van der Waals surface area contributed by atoms with Gasteiger partial charge in [0.2, 0.25) is 0 Å². The molecule has 1 saturated heterocycles. The number of rotatable bonds is 5. The maximum atomic E-state index is 12.5. The van der Waals surface area contributed by atoms with Crippen LogP contribution in [0.3, 0.4) is 0 Å². The molecule has 0 aliphatic carbocycles. The van der Waals surface area contributed by atoms with Crippen LogP contribution in [0.1, 0.15) is 44.2 Å². The lowest BCUT2D eigenvalue weighted by molar-refractivity contribution is 0.0697. The third-order valence-electron chi connectivity index (χ3n) is 5.39. The molecule has 2 aromatic carbocycles. The maximum Gasteiger partial charge on any atom is 0.339 e. The van der Waals surface area contributed by atoms with Gasteiger partial charge >= 0.3 is 5.97 Å². The number of pyridine rings is 1. The molecule has 1 aliphatic heterocycles. The minimum Gasteiger partial charge on any atom is -0.478 e. The quantitative estimate of drug-likeness (QED) is 0.665. The van der Waals surface area contributed by atoms with Crippen LogP contribution in [0, 0.1) is 6.92 Å². The third-order valence-corrected chi connectivity index (χ3v) is 5.39. The number of amides is 1. The average Bonchev–Trinajstić information content (AvgIpc) is 3.24. The molecule has 152 valence electrons. The number of benzene rings is 2. The van der Waals surface area contributed by atoms with E-state index in [1.807, 2.05) is 42.2 Å².